The van der Waals surface area contributed by atoms with Crippen LogP contribution in [0, 0.1) is 0 Å². The Morgan fingerprint density at radius 3 is 1.90 bits per heavy atom. The van der Waals surface area contributed by atoms with Crippen molar-refractivity contribution >= 4 is 60.3 Å². The molecule has 4 heteroatoms. The van der Waals surface area contributed by atoms with Crippen molar-refractivity contribution in [1.82, 2.24) is 0 Å². The molecule has 0 unspecified atom stereocenters. The van der Waals surface area contributed by atoms with Gasteiger partial charge in [0.15, 0.2) is 0 Å². The summed E-state index contributed by atoms with van der Waals surface area (Å²) in [6.07, 6.45) is 0. The van der Waals surface area contributed by atoms with Gasteiger partial charge in [-0.15, -0.1) is 0 Å². The molecule has 1 aromatic rings. The molecule has 0 aliphatic heterocycles. The third-order valence-electron chi connectivity index (χ3n) is 0.984. The Morgan fingerprint density at radius 1 is 1.00 bits per heavy atom. The molecule has 0 nitrogen and oxygen atoms in total. The zero-order chi connectivity index (χ0) is 7.40. The first-order chi connectivity index (χ1) is 4.86. The first-order valence-corrected chi connectivity index (χ1v) is 9.26. The van der Waals surface area contributed by atoms with Crippen molar-refractivity contribution in [2.45, 2.75) is 9.79 Å². The predicted octanol–water partition coefficient (Wildman–Crippen LogP) is 4.57. The van der Waals surface area contributed by atoms with E-state index in [-0.39, 0.29) is 0 Å². The van der Waals surface area contributed by atoms with Gasteiger partial charge < -0.3 is 0 Å². The number of halogens is 2. The van der Waals surface area contributed by atoms with E-state index in [1.54, 1.807) is 17.9 Å². The smallest absolute Gasteiger partial charge is 0.0190 e. The molecule has 1 rings (SSSR count). The molecule has 10 heavy (non-hydrogen) atoms. The van der Waals surface area contributed by atoms with Gasteiger partial charge in [0.05, 0.1) is 0 Å². The van der Waals surface area contributed by atoms with E-state index in [1.165, 1.54) is 9.79 Å². The normalized spacial score (nSPS) is 9.80. The molecule has 0 heterocycles. The molecule has 0 aromatic heterocycles. The summed E-state index contributed by atoms with van der Waals surface area (Å²) in [5.74, 6) is 0. The molecule has 0 bridgehead atoms. The van der Waals surface area contributed by atoms with Crippen molar-refractivity contribution in [3.8, 4) is 0 Å². The second kappa shape index (κ2) is 5.10. The lowest BCUT2D eigenvalue weighted by Crippen LogP contribution is -1.67. The second-order valence-electron chi connectivity index (χ2n) is 1.63. The highest BCUT2D eigenvalue weighted by Crippen LogP contribution is 2.31. The SMILES string of the molecule is ISc1cccc(SI)c1. The molecule has 0 aliphatic rings. The van der Waals surface area contributed by atoms with Gasteiger partial charge in [0.25, 0.3) is 0 Å². The molecule has 0 aliphatic carbocycles. The Kier molecular flexibility index (Phi) is 4.83. The predicted molar refractivity (Wildman–Crippen MR) is 66.2 cm³/mol. The van der Waals surface area contributed by atoms with Gasteiger partial charge in [-0.25, -0.2) is 0 Å². The van der Waals surface area contributed by atoms with Crippen molar-refractivity contribution < 1.29 is 0 Å². The van der Waals surface area contributed by atoms with Crippen LogP contribution in [0.25, 0.3) is 0 Å². The Balaban J connectivity index is 2.87. The van der Waals surface area contributed by atoms with Crippen LogP contribution in [0.1, 0.15) is 0 Å². The van der Waals surface area contributed by atoms with Crippen LogP contribution in [0.15, 0.2) is 34.1 Å². The minimum absolute atomic E-state index is 1.32. The molecule has 0 spiro atoms. The summed E-state index contributed by atoms with van der Waals surface area (Å²) < 4.78 is 0. The zero-order valence-corrected chi connectivity index (χ0v) is 10.8. The van der Waals surface area contributed by atoms with Crippen LogP contribution in [-0.2, 0) is 0 Å². The maximum Gasteiger partial charge on any atom is 0.0190 e. The van der Waals surface area contributed by atoms with Crippen molar-refractivity contribution in [1.29, 1.82) is 0 Å². The van der Waals surface area contributed by atoms with Gasteiger partial charge in [-0.1, -0.05) is 23.9 Å². The molecule has 0 atom stereocenters. The fourth-order valence-corrected chi connectivity index (χ4v) is 2.89. The summed E-state index contributed by atoms with van der Waals surface area (Å²) in [6.45, 7) is 0. The summed E-state index contributed by atoms with van der Waals surface area (Å²) in [6, 6.07) is 8.51. The van der Waals surface area contributed by atoms with Gasteiger partial charge in [-0.2, -0.15) is 0 Å². The highest BCUT2D eigenvalue weighted by Gasteiger charge is 1.92. The lowest BCUT2D eigenvalue weighted by Gasteiger charge is -1.95. The van der Waals surface area contributed by atoms with E-state index in [2.05, 4.69) is 66.7 Å². The van der Waals surface area contributed by atoms with Crippen molar-refractivity contribution in [2.24, 2.45) is 0 Å². The largest absolute Gasteiger partial charge is 0.0600 e. The van der Waals surface area contributed by atoms with Crippen LogP contribution in [0.3, 0.4) is 0 Å². The van der Waals surface area contributed by atoms with E-state index < -0.39 is 0 Å². The fraction of sp³-hybridized carbons (Fsp3) is 0. The minimum Gasteiger partial charge on any atom is -0.0600 e. The van der Waals surface area contributed by atoms with Gasteiger partial charge >= 0.3 is 0 Å². The van der Waals surface area contributed by atoms with Crippen LogP contribution in [0.2, 0.25) is 0 Å². The van der Waals surface area contributed by atoms with Crippen molar-refractivity contribution in [2.75, 3.05) is 0 Å². The van der Waals surface area contributed by atoms with E-state index >= 15 is 0 Å². The Hall–Kier alpha value is 1.38. The third kappa shape index (κ3) is 2.78. The van der Waals surface area contributed by atoms with Gasteiger partial charge in [-0.05, 0) is 18.2 Å². The van der Waals surface area contributed by atoms with Gasteiger partial charge in [-0.3, -0.25) is 0 Å². The molecular weight excluding hydrogens is 390 g/mol. The fourth-order valence-electron chi connectivity index (χ4n) is 0.570. The standard InChI is InChI=1S/C6H4I2S2/c7-9-5-2-1-3-6(4-5)10-8/h1-4H. The third-order valence-corrected chi connectivity index (χ3v) is 4.90. The summed E-state index contributed by atoms with van der Waals surface area (Å²) in [4.78, 5) is 2.64. The Labute approximate surface area is 93.1 Å². The van der Waals surface area contributed by atoms with E-state index in [0.717, 1.165) is 0 Å². The van der Waals surface area contributed by atoms with Crippen LogP contribution in [-0.4, -0.2) is 0 Å². The van der Waals surface area contributed by atoms with Crippen molar-refractivity contribution in [3.05, 3.63) is 24.3 Å². The minimum atomic E-state index is 1.32. The molecule has 0 amide bonds. The highest BCUT2D eigenvalue weighted by atomic mass is 127. The monoisotopic (exact) mass is 394 g/mol. The summed E-state index contributed by atoms with van der Waals surface area (Å²) >= 11 is 4.58. The van der Waals surface area contributed by atoms with Crippen LogP contribution in [0.5, 0.6) is 0 Å². The van der Waals surface area contributed by atoms with Gasteiger partial charge in [0, 0.05) is 52.2 Å². The summed E-state index contributed by atoms with van der Waals surface area (Å²) in [5, 5.41) is 0. The molecule has 54 valence electrons. The summed E-state index contributed by atoms with van der Waals surface area (Å²) in [7, 11) is 3.50. The van der Waals surface area contributed by atoms with Crippen LogP contribution < -0.4 is 0 Å². The number of rotatable bonds is 2. The van der Waals surface area contributed by atoms with E-state index in [0.29, 0.717) is 0 Å². The lowest BCUT2D eigenvalue weighted by molar-refractivity contribution is 1.35. The van der Waals surface area contributed by atoms with E-state index in [9.17, 15) is 0 Å². The zero-order valence-electron chi connectivity index (χ0n) is 4.88. The van der Waals surface area contributed by atoms with Crippen molar-refractivity contribution in [3.63, 3.8) is 0 Å². The topological polar surface area (TPSA) is 0 Å². The first-order valence-electron chi connectivity index (χ1n) is 2.54. The van der Waals surface area contributed by atoms with Crippen LogP contribution in [0.4, 0.5) is 0 Å². The van der Waals surface area contributed by atoms with E-state index in [1.807, 2.05) is 0 Å². The summed E-state index contributed by atoms with van der Waals surface area (Å²) in [5.41, 5.74) is 0. The molecular formula is C6H4I2S2. The number of hydrogen-bond acceptors (Lipinski definition) is 2. The maximum absolute atomic E-state index is 2.29. The lowest BCUT2D eigenvalue weighted by atomic mass is 10.4. The average molecular weight is 394 g/mol. The Bertz CT molecular complexity index is 195. The molecule has 1 aromatic carbocycles. The highest BCUT2D eigenvalue weighted by molar-refractivity contribution is 14.2. The van der Waals surface area contributed by atoms with Gasteiger partial charge in [0.1, 0.15) is 0 Å². The van der Waals surface area contributed by atoms with Gasteiger partial charge in [0.2, 0.25) is 0 Å². The first kappa shape index (κ1) is 9.47. The number of benzene rings is 1. The molecule has 0 saturated heterocycles. The molecule has 0 saturated carbocycles. The second-order valence-corrected chi connectivity index (χ2v) is 5.52. The Morgan fingerprint density at radius 2 is 1.50 bits per heavy atom. The molecule has 0 N–H and O–H groups in total. The average Bonchev–Trinajstić information content (AvgIpc) is 2.05. The van der Waals surface area contributed by atoms with Crippen LogP contribution >= 0.6 is 60.3 Å². The molecule has 0 fully saturated rings. The number of hydrogen-bond donors (Lipinski definition) is 0. The maximum atomic E-state index is 2.29. The quantitative estimate of drug-likeness (QED) is 0.675. The molecule has 0 radical (unpaired) electrons. The van der Waals surface area contributed by atoms with E-state index in [4.69, 9.17) is 0 Å².